The normalized spacial score (nSPS) is 9.95. The number of halogens is 1. The molecule has 0 saturated carbocycles. The van der Waals surface area contributed by atoms with Crippen LogP contribution in [0.4, 0.5) is 22.0 Å². The van der Waals surface area contributed by atoms with E-state index >= 15 is 0 Å². The molecule has 2 rings (SSSR count). The number of nitrogen functional groups attached to an aromatic ring is 1. The molecule has 7 heteroatoms. The van der Waals surface area contributed by atoms with Crippen molar-refractivity contribution in [3.63, 3.8) is 0 Å². The van der Waals surface area contributed by atoms with Crippen LogP contribution in [0.3, 0.4) is 0 Å². The zero-order chi connectivity index (χ0) is 13.8. The molecule has 0 unspecified atom stereocenters. The zero-order valence-corrected chi connectivity index (χ0v) is 11.3. The second-order valence-corrected chi connectivity index (χ2v) is 4.58. The fourth-order valence-electron chi connectivity index (χ4n) is 1.42. The van der Waals surface area contributed by atoms with E-state index in [1.807, 2.05) is 0 Å². The van der Waals surface area contributed by atoms with E-state index in [1.54, 1.807) is 36.5 Å². The molecule has 0 atom stereocenters. The van der Waals surface area contributed by atoms with Gasteiger partial charge in [-0.3, -0.25) is 0 Å². The molecule has 19 heavy (non-hydrogen) atoms. The summed E-state index contributed by atoms with van der Waals surface area (Å²) in [4.78, 5) is 14.7. The first-order valence-corrected chi connectivity index (χ1v) is 6.09. The Bertz CT molecular complexity index is 601. The summed E-state index contributed by atoms with van der Waals surface area (Å²) in [5.41, 5.74) is 12.0. The third kappa shape index (κ3) is 3.59. The van der Waals surface area contributed by atoms with Gasteiger partial charge in [0.2, 0.25) is 0 Å². The van der Waals surface area contributed by atoms with Crippen molar-refractivity contribution in [2.24, 2.45) is 5.73 Å². The van der Waals surface area contributed by atoms with Gasteiger partial charge in [-0.25, -0.2) is 9.78 Å². The maximum atomic E-state index is 10.6. The van der Waals surface area contributed by atoms with Gasteiger partial charge in [0.15, 0.2) is 5.82 Å². The smallest absolute Gasteiger partial charge is 0.409 e. The van der Waals surface area contributed by atoms with Gasteiger partial charge in [-0.2, -0.15) is 0 Å². The van der Waals surface area contributed by atoms with Crippen LogP contribution in [0.25, 0.3) is 0 Å². The van der Waals surface area contributed by atoms with Crippen molar-refractivity contribution in [2.75, 3.05) is 11.1 Å². The van der Waals surface area contributed by atoms with E-state index in [-0.39, 0.29) is 0 Å². The molecule has 0 aliphatic heterocycles. The Morgan fingerprint density at radius 3 is 2.58 bits per heavy atom. The minimum absolute atomic E-state index is 0.370. The molecule has 1 heterocycles. The molecule has 0 bridgehead atoms. The fraction of sp³-hybridized carbons (Fsp3) is 0. The second kappa shape index (κ2) is 5.57. The summed E-state index contributed by atoms with van der Waals surface area (Å²) >= 11 is 3.28. The largest absolute Gasteiger partial charge is 0.411 e. The van der Waals surface area contributed by atoms with Crippen LogP contribution in [-0.2, 0) is 0 Å². The summed E-state index contributed by atoms with van der Waals surface area (Å²) < 4.78 is 5.53. The van der Waals surface area contributed by atoms with E-state index in [4.69, 9.17) is 16.2 Å². The molecule has 0 fully saturated rings. The highest BCUT2D eigenvalue weighted by molar-refractivity contribution is 9.10. The average Bonchev–Trinajstić information content (AvgIpc) is 2.34. The van der Waals surface area contributed by atoms with Crippen LogP contribution in [0.5, 0.6) is 5.75 Å². The van der Waals surface area contributed by atoms with E-state index in [0.717, 1.165) is 10.2 Å². The van der Waals surface area contributed by atoms with Crippen molar-refractivity contribution in [3.8, 4) is 5.75 Å². The number of amides is 1. The van der Waals surface area contributed by atoms with Gasteiger partial charge in [-0.1, -0.05) is 0 Å². The molecule has 2 aromatic rings. The Balaban J connectivity index is 2.13. The van der Waals surface area contributed by atoms with Crippen molar-refractivity contribution >= 4 is 39.2 Å². The van der Waals surface area contributed by atoms with Crippen molar-refractivity contribution in [3.05, 3.63) is 41.0 Å². The zero-order valence-electron chi connectivity index (χ0n) is 9.76. The van der Waals surface area contributed by atoms with Gasteiger partial charge in [0.1, 0.15) is 5.75 Å². The van der Waals surface area contributed by atoms with Crippen LogP contribution in [0.2, 0.25) is 0 Å². The van der Waals surface area contributed by atoms with E-state index in [1.165, 1.54) is 0 Å². The molecule has 98 valence electrons. The molecule has 1 amide bonds. The van der Waals surface area contributed by atoms with Crippen molar-refractivity contribution in [1.29, 1.82) is 0 Å². The molecule has 6 nitrogen and oxygen atoms in total. The van der Waals surface area contributed by atoms with Crippen LogP contribution in [0.1, 0.15) is 0 Å². The monoisotopic (exact) mass is 322 g/mol. The molecule has 1 aromatic carbocycles. The predicted molar refractivity (Wildman–Crippen MR) is 76.3 cm³/mol. The van der Waals surface area contributed by atoms with Gasteiger partial charge < -0.3 is 21.5 Å². The first-order valence-electron chi connectivity index (χ1n) is 5.30. The number of primary amides is 1. The van der Waals surface area contributed by atoms with E-state index in [2.05, 4.69) is 26.2 Å². The number of nitrogens with zero attached hydrogens (tertiary/aromatic N) is 1. The van der Waals surface area contributed by atoms with Crippen LogP contribution in [0.15, 0.2) is 41.0 Å². The quantitative estimate of drug-likeness (QED) is 0.805. The first kappa shape index (κ1) is 13.2. The van der Waals surface area contributed by atoms with Crippen molar-refractivity contribution in [2.45, 2.75) is 0 Å². The van der Waals surface area contributed by atoms with Gasteiger partial charge >= 0.3 is 6.09 Å². The summed E-state index contributed by atoms with van der Waals surface area (Å²) in [5.74, 6) is 0.918. The maximum Gasteiger partial charge on any atom is 0.409 e. The number of anilines is 3. The first-order chi connectivity index (χ1) is 9.04. The van der Waals surface area contributed by atoms with Crippen molar-refractivity contribution < 1.29 is 9.53 Å². The molecule has 5 N–H and O–H groups in total. The summed E-state index contributed by atoms with van der Waals surface area (Å²) in [6.45, 7) is 0. The Labute approximate surface area is 117 Å². The lowest BCUT2D eigenvalue weighted by Gasteiger charge is -2.09. The number of rotatable bonds is 3. The average molecular weight is 323 g/mol. The van der Waals surface area contributed by atoms with Crippen molar-refractivity contribution in [1.82, 2.24) is 4.98 Å². The van der Waals surface area contributed by atoms with Crippen LogP contribution in [-0.4, -0.2) is 11.1 Å². The lowest BCUT2D eigenvalue weighted by molar-refractivity contribution is 0.211. The Kier molecular flexibility index (Phi) is 3.86. The maximum absolute atomic E-state index is 10.6. The molecule has 1 aromatic heterocycles. The Hall–Kier alpha value is -2.28. The topological polar surface area (TPSA) is 103 Å². The number of benzene rings is 1. The van der Waals surface area contributed by atoms with Gasteiger partial charge in [0.25, 0.3) is 0 Å². The lowest BCUT2D eigenvalue weighted by atomic mass is 10.3. The molecular formula is C12H11BrN4O2. The van der Waals surface area contributed by atoms with Crippen LogP contribution >= 0.6 is 15.9 Å². The number of carbonyl (C=O) groups excluding carboxylic acids is 1. The third-order valence-corrected chi connectivity index (χ3v) is 2.65. The van der Waals surface area contributed by atoms with E-state index in [9.17, 15) is 4.79 Å². The molecule has 0 radical (unpaired) electrons. The standard InChI is InChI=1S/C12H11BrN4O2/c13-7-5-10(14)11(16-6-7)17-8-1-3-9(4-2-8)19-12(15)18/h1-6H,14H2,(H2,15,18)(H,16,17). The number of nitrogens with one attached hydrogen (secondary N) is 1. The number of pyridine rings is 1. The molecule has 0 saturated heterocycles. The number of hydrogen-bond donors (Lipinski definition) is 3. The molecule has 0 spiro atoms. The van der Waals surface area contributed by atoms with Gasteiger partial charge in [0, 0.05) is 16.4 Å². The highest BCUT2D eigenvalue weighted by Gasteiger charge is 2.03. The summed E-state index contributed by atoms with van der Waals surface area (Å²) in [7, 11) is 0. The highest BCUT2D eigenvalue weighted by Crippen LogP contribution is 2.24. The van der Waals surface area contributed by atoms with Crippen LogP contribution < -0.4 is 21.5 Å². The number of nitrogens with two attached hydrogens (primary N) is 2. The number of carbonyl (C=O) groups is 1. The van der Waals surface area contributed by atoms with Gasteiger partial charge in [-0.05, 0) is 46.3 Å². The molecule has 0 aliphatic carbocycles. The predicted octanol–water partition coefficient (Wildman–Crippen LogP) is 2.63. The summed E-state index contributed by atoms with van der Waals surface area (Å²) in [5, 5.41) is 3.05. The minimum atomic E-state index is -0.848. The number of hydrogen-bond acceptors (Lipinski definition) is 5. The van der Waals surface area contributed by atoms with Gasteiger partial charge in [0.05, 0.1) is 5.69 Å². The summed E-state index contributed by atoms with van der Waals surface area (Å²) in [6, 6.07) is 8.42. The van der Waals surface area contributed by atoms with Gasteiger partial charge in [-0.15, -0.1) is 0 Å². The molecular weight excluding hydrogens is 312 g/mol. The molecule has 0 aliphatic rings. The van der Waals surface area contributed by atoms with E-state index < -0.39 is 6.09 Å². The SMILES string of the molecule is NC(=O)Oc1ccc(Nc2ncc(Br)cc2N)cc1. The third-order valence-electron chi connectivity index (χ3n) is 2.22. The Morgan fingerprint density at radius 1 is 1.32 bits per heavy atom. The summed E-state index contributed by atoms with van der Waals surface area (Å²) in [6.07, 6.45) is 0.794. The second-order valence-electron chi connectivity index (χ2n) is 3.66. The Morgan fingerprint density at radius 2 is 2.00 bits per heavy atom. The van der Waals surface area contributed by atoms with E-state index in [0.29, 0.717) is 17.3 Å². The van der Waals surface area contributed by atoms with Crippen LogP contribution in [0, 0.1) is 0 Å². The fourth-order valence-corrected chi connectivity index (χ4v) is 1.77. The number of ether oxygens (including phenoxy) is 1. The number of aromatic nitrogens is 1. The lowest BCUT2D eigenvalue weighted by Crippen LogP contribution is -2.16. The minimum Gasteiger partial charge on any atom is -0.411 e. The highest BCUT2D eigenvalue weighted by atomic mass is 79.9.